The number of amides is 1. The molecule has 0 aliphatic heterocycles. The van der Waals surface area contributed by atoms with Gasteiger partial charge in [0.15, 0.2) is 4.34 Å². The fourth-order valence-electron chi connectivity index (χ4n) is 1.75. The van der Waals surface area contributed by atoms with E-state index in [2.05, 4.69) is 15.5 Å². The third-order valence-electron chi connectivity index (χ3n) is 3.37. The third-order valence-corrected chi connectivity index (χ3v) is 5.25. The molecule has 2 rings (SSSR count). The van der Waals surface area contributed by atoms with Crippen molar-refractivity contribution in [3.05, 3.63) is 28.8 Å². The van der Waals surface area contributed by atoms with Crippen molar-refractivity contribution in [1.29, 1.82) is 0 Å². The topological polar surface area (TPSA) is 80.9 Å². The first-order chi connectivity index (χ1) is 10.4. The Bertz CT molecular complexity index is 669. The number of aryl methyl sites for hydroxylation is 2. The summed E-state index contributed by atoms with van der Waals surface area (Å²) in [4.78, 5) is 13.1. The molecule has 0 fully saturated rings. The van der Waals surface area contributed by atoms with Gasteiger partial charge in [-0.3, -0.25) is 4.79 Å². The van der Waals surface area contributed by atoms with Crippen LogP contribution in [0, 0.1) is 19.8 Å². The van der Waals surface area contributed by atoms with Gasteiger partial charge in [0.1, 0.15) is 5.01 Å². The number of nitrogens with zero attached hydrogens (tertiary/aromatic N) is 2. The SMILES string of the molecule is Cc1nnc(Sc2ccc(NC(=O)C(C)C(C)N)c(C)c2)s1. The molecule has 2 atom stereocenters. The lowest BCUT2D eigenvalue weighted by atomic mass is 10.0. The minimum Gasteiger partial charge on any atom is -0.327 e. The van der Waals surface area contributed by atoms with Gasteiger partial charge in [-0.05, 0) is 44.5 Å². The van der Waals surface area contributed by atoms with Crippen molar-refractivity contribution in [1.82, 2.24) is 10.2 Å². The molecule has 3 N–H and O–H groups in total. The van der Waals surface area contributed by atoms with Gasteiger partial charge >= 0.3 is 0 Å². The van der Waals surface area contributed by atoms with E-state index in [1.165, 1.54) is 0 Å². The van der Waals surface area contributed by atoms with Gasteiger partial charge in [0.2, 0.25) is 5.91 Å². The number of carbonyl (C=O) groups is 1. The summed E-state index contributed by atoms with van der Waals surface area (Å²) in [7, 11) is 0. The molecular weight excluding hydrogens is 316 g/mol. The molecule has 0 aliphatic rings. The smallest absolute Gasteiger partial charge is 0.228 e. The Labute approximate surface area is 138 Å². The molecule has 7 heteroatoms. The summed E-state index contributed by atoms with van der Waals surface area (Å²) in [6, 6.07) is 5.75. The zero-order valence-electron chi connectivity index (χ0n) is 13.1. The van der Waals surface area contributed by atoms with Gasteiger partial charge in [-0.2, -0.15) is 0 Å². The first kappa shape index (κ1) is 16.9. The van der Waals surface area contributed by atoms with Gasteiger partial charge in [0.25, 0.3) is 0 Å². The van der Waals surface area contributed by atoms with Crippen LogP contribution in [0.4, 0.5) is 5.69 Å². The van der Waals surface area contributed by atoms with E-state index in [1.807, 2.05) is 45.9 Å². The standard InChI is InChI=1S/C15H20N4OS2/c1-8-7-12(22-15-19-18-11(4)21-15)5-6-13(8)17-14(20)9(2)10(3)16/h5-7,9-10H,16H2,1-4H3,(H,17,20). The number of nitrogens with one attached hydrogen (secondary N) is 1. The number of nitrogens with two attached hydrogens (primary N) is 1. The van der Waals surface area contributed by atoms with E-state index in [0.717, 1.165) is 25.5 Å². The van der Waals surface area contributed by atoms with Crippen LogP contribution in [0.25, 0.3) is 0 Å². The Kier molecular flexibility index (Phi) is 5.55. The normalized spacial score (nSPS) is 13.7. The average molecular weight is 336 g/mol. The highest BCUT2D eigenvalue weighted by atomic mass is 32.2. The zero-order chi connectivity index (χ0) is 16.3. The lowest BCUT2D eigenvalue weighted by Gasteiger charge is -2.16. The summed E-state index contributed by atoms with van der Waals surface area (Å²) in [5.41, 5.74) is 7.59. The zero-order valence-corrected chi connectivity index (χ0v) is 14.7. The lowest BCUT2D eigenvalue weighted by Crippen LogP contribution is -2.34. The Morgan fingerprint density at radius 1 is 1.32 bits per heavy atom. The van der Waals surface area contributed by atoms with E-state index in [4.69, 9.17) is 5.73 Å². The van der Waals surface area contributed by atoms with E-state index in [-0.39, 0.29) is 17.9 Å². The average Bonchev–Trinajstić information content (AvgIpc) is 2.86. The maximum Gasteiger partial charge on any atom is 0.228 e. The number of hydrogen-bond donors (Lipinski definition) is 2. The molecule has 5 nitrogen and oxygen atoms in total. The van der Waals surface area contributed by atoms with E-state index < -0.39 is 0 Å². The maximum atomic E-state index is 12.1. The molecule has 1 amide bonds. The second kappa shape index (κ2) is 7.21. The largest absolute Gasteiger partial charge is 0.327 e. The Morgan fingerprint density at radius 2 is 2.05 bits per heavy atom. The second-order valence-corrected chi connectivity index (χ2v) is 7.81. The van der Waals surface area contributed by atoms with E-state index in [9.17, 15) is 4.79 Å². The van der Waals surface area contributed by atoms with E-state index in [0.29, 0.717) is 0 Å². The van der Waals surface area contributed by atoms with Crippen molar-refractivity contribution in [3.63, 3.8) is 0 Å². The Hall–Kier alpha value is -1.44. The molecular formula is C15H20N4OS2. The fraction of sp³-hybridized carbons (Fsp3) is 0.400. The van der Waals surface area contributed by atoms with Crippen LogP contribution in [0.15, 0.2) is 27.4 Å². The summed E-state index contributed by atoms with van der Waals surface area (Å²) in [6.07, 6.45) is 0. The first-order valence-electron chi connectivity index (χ1n) is 7.02. The minimum absolute atomic E-state index is 0.0572. The van der Waals surface area contributed by atoms with Gasteiger partial charge in [-0.1, -0.05) is 30.0 Å². The summed E-state index contributed by atoms with van der Waals surface area (Å²) >= 11 is 3.14. The van der Waals surface area contributed by atoms with Crippen molar-refractivity contribution in [3.8, 4) is 0 Å². The van der Waals surface area contributed by atoms with Crippen LogP contribution in [0.2, 0.25) is 0 Å². The van der Waals surface area contributed by atoms with Gasteiger partial charge in [-0.15, -0.1) is 10.2 Å². The molecule has 118 valence electrons. The van der Waals surface area contributed by atoms with Crippen LogP contribution in [0.3, 0.4) is 0 Å². The molecule has 0 aliphatic carbocycles. The van der Waals surface area contributed by atoms with Gasteiger partial charge in [-0.25, -0.2) is 0 Å². The Morgan fingerprint density at radius 3 is 2.59 bits per heavy atom. The predicted octanol–water partition coefficient (Wildman–Crippen LogP) is 3.23. The van der Waals surface area contributed by atoms with Crippen LogP contribution in [-0.2, 0) is 4.79 Å². The highest BCUT2D eigenvalue weighted by Gasteiger charge is 2.17. The molecule has 2 aromatic rings. The molecule has 22 heavy (non-hydrogen) atoms. The van der Waals surface area contributed by atoms with Crippen molar-refractivity contribution in [2.24, 2.45) is 11.7 Å². The molecule has 0 spiro atoms. The summed E-state index contributed by atoms with van der Waals surface area (Å²) in [5, 5.41) is 12.0. The van der Waals surface area contributed by atoms with E-state index >= 15 is 0 Å². The molecule has 1 aromatic heterocycles. The van der Waals surface area contributed by atoms with Crippen molar-refractivity contribution in [2.75, 3.05) is 5.32 Å². The molecule has 0 bridgehead atoms. The molecule has 0 radical (unpaired) electrons. The number of benzene rings is 1. The summed E-state index contributed by atoms with van der Waals surface area (Å²) in [6.45, 7) is 7.57. The second-order valence-electron chi connectivity index (χ2n) is 5.30. The summed E-state index contributed by atoms with van der Waals surface area (Å²) in [5.74, 6) is -0.281. The predicted molar refractivity (Wildman–Crippen MR) is 91.4 cm³/mol. The fourth-order valence-corrected chi connectivity index (χ4v) is 3.63. The molecule has 1 aromatic carbocycles. The van der Waals surface area contributed by atoms with Gasteiger partial charge in [0, 0.05) is 16.6 Å². The number of hydrogen-bond acceptors (Lipinski definition) is 6. The lowest BCUT2D eigenvalue weighted by molar-refractivity contribution is -0.119. The maximum absolute atomic E-state index is 12.1. The van der Waals surface area contributed by atoms with Crippen molar-refractivity contribution >= 4 is 34.7 Å². The van der Waals surface area contributed by atoms with Crippen LogP contribution >= 0.6 is 23.1 Å². The molecule has 0 saturated heterocycles. The number of aromatic nitrogens is 2. The van der Waals surface area contributed by atoms with Crippen LogP contribution in [0.1, 0.15) is 24.4 Å². The highest BCUT2D eigenvalue weighted by molar-refractivity contribution is 8.01. The molecule has 1 heterocycles. The van der Waals surface area contributed by atoms with Gasteiger partial charge in [0.05, 0.1) is 5.92 Å². The summed E-state index contributed by atoms with van der Waals surface area (Å²) < 4.78 is 0.916. The van der Waals surface area contributed by atoms with Crippen molar-refractivity contribution < 1.29 is 4.79 Å². The monoisotopic (exact) mass is 336 g/mol. The molecule has 0 saturated carbocycles. The van der Waals surface area contributed by atoms with Crippen LogP contribution in [0.5, 0.6) is 0 Å². The van der Waals surface area contributed by atoms with Crippen molar-refractivity contribution in [2.45, 2.75) is 43.0 Å². The first-order valence-corrected chi connectivity index (χ1v) is 8.65. The minimum atomic E-state index is -0.224. The van der Waals surface area contributed by atoms with Gasteiger partial charge < -0.3 is 11.1 Å². The third kappa shape index (κ3) is 4.28. The number of anilines is 1. The van der Waals surface area contributed by atoms with Crippen LogP contribution in [-0.4, -0.2) is 22.1 Å². The van der Waals surface area contributed by atoms with E-state index in [1.54, 1.807) is 23.1 Å². The number of carbonyl (C=O) groups excluding carboxylic acids is 1. The molecule has 2 unspecified atom stereocenters. The quantitative estimate of drug-likeness (QED) is 0.876. The number of rotatable bonds is 5. The Balaban J connectivity index is 2.08. The van der Waals surface area contributed by atoms with Crippen LogP contribution < -0.4 is 11.1 Å². The highest BCUT2D eigenvalue weighted by Crippen LogP contribution is 2.32.